The van der Waals surface area contributed by atoms with Gasteiger partial charge in [-0.05, 0) is 55.3 Å². The zero-order chi connectivity index (χ0) is 18.8. The van der Waals surface area contributed by atoms with Crippen molar-refractivity contribution in [2.45, 2.75) is 46.3 Å². The average Bonchev–Trinajstić information content (AvgIpc) is 2.62. The molecule has 0 aliphatic carbocycles. The van der Waals surface area contributed by atoms with Crippen LogP contribution in [0.2, 0.25) is 5.02 Å². The normalized spacial score (nSPS) is 10.8. The Bertz CT molecular complexity index is 694. The van der Waals surface area contributed by atoms with Gasteiger partial charge in [0.05, 0.1) is 6.61 Å². The number of ether oxygens (including phenoxy) is 2. The lowest BCUT2D eigenvalue weighted by molar-refractivity contribution is 0.269. The van der Waals surface area contributed by atoms with Crippen molar-refractivity contribution in [2.24, 2.45) is 0 Å². The van der Waals surface area contributed by atoms with Crippen LogP contribution in [0.3, 0.4) is 0 Å². The maximum atomic E-state index is 6.04. The van der Waals surface area contributed by atoms with E-state index in [1.165, 1.54) is 24.8 Å². The van der Waals surface area contributed by atoms with Gasteiger partial charge in [0.15, 0.2) is 11.5 Å². The molecule has 142 valence electrons. The Kier molecular flexibility index (Phi) is 9.30. The standard InChI is InChI=1S/C21H27BrClNO2/c1-3-5-6-10-24-14-17-12-20(25-4-2)21(13-19(17)22)26-15-16-8-7-9-18(23)11-16/h7-9,11-13,24H,3-6,10,14-15H2,1-2H3. The van der Waals surface area contributed by atoms with E-state index in [9.17, 15) is 0 Å². The van der Waals surface area contributed by atoms with Gasteiger partial charge in [-0.15, -0.1) is 0 Å². The smallest absolute Gasteiger partial charge is 0.162 e. The van der Waals surface area contributed by atoms with Gasteiger partial charge in [-0.2, -0.15) is 0 Å². The van der Waals surface area contributed by atoms with Crippen LogP contribution in [0.25, 0.3) is 0 Å². The molecule has 0 saturated carbocycles. The molecule has 0 bridgehead atoms. The summed E-state index contributed by atoms with van der Waals surface area (Å²) >= 11 is 9.70. The highest BCUT2D eigenvalue weighted by molar-refractivity contribution is 9.10. The first-order chi connectivity index (χ1) is 12.6. The molecule has 0 aliphatic rings. The van der Waals surface area contributed by atoms with Crippen LogP contribution < -0.4 is 14.8 Å². The summed E-state index contributed by atoms with van der Waals surface area (Å²) in [6.07, 6.45) is 3.69. The number of benzene rings is 2. The molecule has 0 fully saturated rings. The fraction of sp³-hybridized carbons (Fsp3) is 0.429. The van der Waals surface area contributed by atoms with Crippen molar-refractivity contribution in [2.75, 3.05) is 13.2 Å². The second kappa shape index (κ2) is 11.5. The first-order valence-corrected chi connectivity index (χ1v) is 10.3. The molecule has 3 nitrogen and oxygen atoms in total. The molecule has 0 radical (unpaired) electrons. The molecule has 0 spiro atoms. The monoisotopic (exact) mass is 439 g/mol. The molecule has 1 N–H and O–H groups in total. The van der Waals surface area contributed by atoms with Gasteiger partial charge in [0, 0.05) is 16.0 Å². The van der Waals surface area contributed by atoms with Gasteiger partial charge in [0.2, 0.25) is 0 Å². The molecule has 2 aromatic carbocycles. The molecule has 5 heteroatoms. The van der Waals surface area contributed by atoms with Crippen molar-refractivity contribution < 1.29 is 9.47 Å². The van der Waals surface area contributed by atoms with Crippen LogP contribution in [0.5, 0.6) is 11.5 Å². The van der Waals surface area contributed by atoms with E-state index in [-0.39, 0.29) is 0 Å². The average molecular weight is 441 g/mol. The van der Waals surface area contributed by atoms with E-state index in [1.807, 2.05) is 43.3 Å². The fourth-order valence-electron chi connectivity index (χ4n) is 2.60. The summed E-state index contributed by atoms with van der Waals surface area (Å²) in [6.45, 7) is 7.06. The van der Waals surface area contributed by atoms with Crippen molar-refractivity contribution in [1.82, 2.24) is 5.32 Å². The lowest BCUT2D eigenvalue weighted by atomic mass is 10.2. The molecule has 26 heavy (non-hydrogen) atoms. The van der Waals surface area contributed by atoms with E-state index in [4.69, 9.17) is 21.1 Å². The zero-order valence-electron chi connectivity index (χ0n) is 15.5. The Morgan fingerprint density at radius 3 is 2.58 bits per heavy atom. The Morgan fingerprint density at radius 2 is 1.85 bits per heavy atom. The van der Waals surface area contributed by atoms with Crippen LogP contribution in [-0.2, 0) is 13.2 Å². The van der Waals surface area contributed by atoms with E-state index in [2.05, 4.69) is 28.2 Å². The molecule has 0 saturated heterocycles. The van der Waals surface area contributed by atoms with Gasteiger partial charge in [0.25, 0.3) is 0 Å². The van der Waals surface area contributed by atoms with Crippen LogP contribution in [-0.4, -0.2) is 13.2 Å². The molecule has 0 unspecified atom stereocenters. The number of unbranched alkanes of at least 4 members (excludes halogenated alkanes) is 2. The van der Waals surface area contributed by atoms with Crippen LogP contribution in [0, 0.1) is 0 Å². The maximum absolute atomic E-state index is 6.04. The summed E-state index contributed by atoms with van der Waals surface area (Å²) < 4.78 is 12.8. The van der Waals surface area contributed by atoms with E-state index in [0.717, 1.165) is 34.6 Å². The molecule has 2 aromatic rings. The summed E-state index contributed by atoms with van der Waals surface area (Å²) in [7, 11) is 0. The molecular formula is C21H27BrClNO2. The van der Waals surface area contributed by atoms with E-state index >= 15 is 0 Å². The third-order valence-electron chi connectivity index (χ3n) is 3.97. The predicted octanol–water partition coefficient (Wildman–Crippen LogP) is 6.36. The Labute approximate surface area is 170 Å². The lowest BCUT2D eigenvalue weighted by Gasteiger charge is -2.15. The minimum absolute atomic E-state index is 0.446. The minimum Gasteiger partial charge on any atom is -0.490 e. The summed E-state index contributed by atoms with van der Waals surface area (Å²) in [5.41, 5.74) is 2.19. The third-order valence-corrected chi connectivity index (χ3v) is 4.94. The lowest BCUT2D eigenvalue weighted by Crippen LogP contribution is -2.15. The number of nitrogens with one attached hydrogen (secondary N) is 1. The third kappa shape index (κ3) is 6.82. The second-order valence-electron chi connectivity index (χ2n) is 6.13. The van der Waals surface area contributed by atoms with Gasteiger partial charge >= 0.3 is 0 Å². The van der Waals surface area contributed by atoms with Crippen molar-refractivity contribution in [3.63, 3.8) is 0 Å². The fourth-order valence-corrected chi connectivity index (χ4v) is 3.28. The van der Waals surface area contributed by atoms with Gasteiger partial charge < -0.3 is 14.8 Å². The van der Waals surface area contributed by atoms with Crippen LogP contribution in [0.15, 0.2) is 40.9 Å². The van der Waals surface area contributed by atoms with Crippen molar-refractivity contribution in [1.29, 1.82) is 0 Å². The predicted molar refractivity (Wildman–Crippen MR) is 112 cm³/mol. The summed E-state index contributed by atoms with van der Waals surface area (Å²) in [5.74, 6) is 1.50. The summed E-state index contributed by atoms with van der Waals surface area (Å²) in [6, 6.07) is 11.7. The Morgan fingerprint density at radius 1 is 1.04 bits per heavy atom. The number of hydrogen-bond acceptors (Lipinski definition) is 3. The first kappa shape index (κ1) is 21.1. The van der Waals surface area contributed by atoms with Gasteiger partial charge in [-0.1, -0.05) is 59.4 Å². The van der Waals surface area contributed by atoms with Gasteiger partial charge in [-0.3, -0.25) is 0 Å². The van der Waals surface area contributed by atoms with E-state index < -0.39 is 0 Å². The SMILES string of the molecule is CCCCCNCc1cc(OCC)c(OCc2cccc(Cl)c2)cc1Br. The highest BCUT2D eigenvalue weighted by Gasteiger charge is 2.11. The van der Waals surface area contributed by atoms with Crippen LogP contribution in [0.1, 0.15) is 44.2 Å². The summed E-state index contributed by atoms with van der Waals surface area (Å²) in [5, 5.41) is 4.20. The highest BCUT2D eigenvalue weighted by Crippen LogP contribution is 2.34. The molecule has 2 rings (SSSR count). The Balaban J connectivity index is 2.04. The molecule has 0 aliphatic heterocycles. The molecular weight excluding hydrogens is 414 g/mol. The molecule has 0 aromatic heterocycles. The summed E-state index contributed by atoms with van der Waals surface area (Å²) in [4.78, 5) is 0. The van der Waals surface area contributed by atoms with Crippen LogP contribution >= 0.6 is 27.5 Å². The van der Waals surface area contributed by atoms with E-state index in [0.29, 0.717) is 18.2 Å². The van der Waals surface area contributed by atoms with E-state index in [1.54, 1.807) is 0 Å². The van der Waals surface area contributed by atoms with Crippen molar-refractivity contribution >= 4 is 27.5 Å². The maximum Gasteiger partial charge on any atom is 0.162 e. The number of halogens is 2. The quantitative estimate of drug-likeness (QED) is 0.412. The minimum atomic E-state index is 0.446. The van der Waals surface area contributed by atoms with Gasteiger partial charge in [-0.25, -0.2) is 0 Å². The van der Waals surface area contributed by atoms with Gasteiger partial charge in [0.1, 0.15) is 6.61 Å². The first-order valence-electron chi connectivity index (χ1n) is 9.17. The topological polar surface area (TPSA) is 30.5 Å². The second-order valence-corrected chi connectivity index (χ2v) is 7.42. The van der Waals surface area contributed by atoms with Crippen LogP contribution in [0.4, 0.5) is 0 Å². The van der Waals surface area contributed by atoms with Crippen molar-refractivity contribution in [3.8, 4) is 11.5 Å². The van der Waals surface area contributed by atoms with Crippen molar-refractivity contribution in [3.05, 3.63) is 57.0 Å². The molecule has 0 amide bonds. The molecule has 0 heterocycles. The Hall–Kier alpha value is -1.23. The largest absolute Gasteiger partial charge is 0.490 e. The number of rotatable bonds is 11. The zero-order valence-corrected chi connectivity index (χ0v) is 17.8. The molecule has 0 atom stereocenters. The number of hydrogen-bond donors (Lipinski definition) is 1. The highest BCUT2D eigenvalue weighted by atomic mass is 79.9.